The van der Waals surface area contributed by atoms with Crippen LogP contribution in [0, 0.1) is 0 Å². The van der Waals surface area contributed by atoms with Crippen molar-refractivity contribution in [1.82, 2.24) is 5.32 Å². The number of hydrogen-bond acceptors (Lipinski definition) is 2. The zero-order valence-electron chi connectivity index (χ0n) is 13.2. The summed E-state index contributed by atoms with van der Waals surface area (Å²) in [5, 5.41) is 12.3. The molecule has 0 aliphatic heterocycles. The van der Waals surface area contributed by atoms with E-state index in [0.29, 0.717) is 23.2 Å². The summed E-state index contributed by atoms with van der Waals surface area (Å²) in [7, 11) is 0. The average Bonchev–Trinajstić information content (AvgIpc) is 2.58. The molecule has 2 N–H and O–H groups in total. The lowest BCUT2D eigenvalue weighted by atomic mass is 9.95. The van der Waals surface area contributed by atoms with Crippen LogP contribution in [0.3, 0.4) is 0 Å². The van der Waals surface area contributed by atoms with Gasteiger partial charge in [0, 0.05) is 12.1 Å². The maximum Gasteiger partial charge on any atom is 0.336 e. The highest BCUT2D eigenvalue weighted by molar-refractivity contribution is 6.04. The van der Waals surface area contributed by atoms with Gasteiger partial charge in [0.25, 0.3) is 5.91 Å². The fourth-order valence-corrected chi connectivity index (χ4v) is 2.49. The molecular weight excluding hydrogens is 290 g/mol. The maximum absolute atomic E-state index is 12.4. The molecule has 4 nitrogen and oxygen atoms in total. The van der Waals surface area contributed by atoms with E-state index >= 15 is 0 Å². The summed E-state index contributed by atoms with van der Waals surface area (Å²) >= 11 is 0. The van der Waals surface area contributed by atoms with Crippen LogP contribution in [0.1, 0.15) is 46.9 Å². The molecule has 23 heavy (non-hydrogen) atoms. The van der Waals surface area contributed by atoms with Crippen LogP contribution in [0.4, 0.5) is 0 Å². The number of rotatable bonds is 7. The summed E-state index contributed by atoms with van der Waals surface area (Å²) < 4.78 is 0. The van der Waals surface area contributed by atoms with Gasteiger partial charge in [-0.25, -0.2) is 4.79 Å². The topological polar surface area (TPSA) is 66.4 Å². The molecule has 1 amide bonds. The van der Waals surface area contributed by atoms with Gasteiger partial charge in [-0.05, 0) is 29.7 Å². The molecule has 2 aromatic carbocycles. The van der Waals surface area contributed by atoms with E-state index in [-0.39, 0.29) is 11.5 Å². The molecule has 0 aliphatic carbocycles. The highest BCUT2D eigenvalue weighted by atomic mass is 16.4. The van der Waals surface area contributed by atoms with Crippen molar-refractivity contribution >= 4 is 11.9 Å². The van der Waals surface area contributed by atoms with E-state index in [2.05, 4.69) is 12.2 Å². The van der Waals surface area contributed by atoms with E-state index in [0.717, 1.165) is 19.3 Å². The summed E-state index contributed by atoms with van der Waals surface area (Å²) in [5.41, 5.74) is 1.88. The first-order valence-corrected chi connectivity index (χ1v) is 7.85. The molecule has 0 aromatic heterocycles. The van der Waals surface area contributed by atoms with Crippen molar-refractivity contribution in [2.24, 2.45) is 0 Å². The predicted molar refractivity (Wildman–Crippen MR) is 90.7 cm³/mol. The Balaban J connectivity index is 2.31. The lowest BCUT2D eigenvalue weighted by Gasteiger charge is -2.12. The smallest absolute Gasteiger partial charge is 0.336 e. The number of carbonyl (C=O) groups is 2. The van der Waals surface area contributed by atoms with E-state index < -0.39 is 5.97 Å². The van der Waals surface area contributed by atoms with Gasteiger partial charge in [-0.1, -0.05) is 56.2 Å². The van der Waals surface area contributed by atoms with Crippen molar-refractivity contribution < 1.29 is 14.7 Å². The zero-order chi connectivity index (χ0) is 16.7. The van der Waals surface area contributed by atoms with Crippen molar-refractivity contribution in [1.29, 1.82) is 0 Å². The average molecular weight is 311 g/mol. The molecular formula is C19H21NO3. The van der Waals surface area contributed by atoms with Crippen molar-refractivity contribution in [3.05, 3.63) is 59.7 Å². The van der Waals surface area contributed by atoms with Gasteiger partial charge >= 0.3 is 5.97 Å². The second-order valence-electron chi connectivity index (χ2n) is 5.36. The number of unbranched alkanes of at least 4 members (excludes halogenated alkanes) is 2. The van der Waals surface area contributed by atoms with Crippen LogP contribution < -0.4 is 5.32 Å². The minimum Gasteiger partial charge on any atom is -0.478 e. The highest BCUT2D eigenvalue weighted by Gasteiger charge is 2.16. The van der Waals surface area contributed by atoms with Crippen molar-refractivity contribution in [2.75, 3.05) is 6.54 Å². The van der Waals surface area contributed by atoms with E-state index in [1.807, 2.05) is 6.07 Å². The first-order valence-electron chi connectivity index (χ1n) is 7.85. The minimum absolute atomic E-state index is 0.170. The highest BCUT2D eigenvalue weighted by Crippen LogP contribution is 2.27. The van der Waals surface area contributed by atoms with Crippen LogP contribution in [0.2, 0.25) is 0 Å². The number of carboxylic acids is 1. The van der Waals surface area contributed by atoms with Crippen molar-refractivity contribution in [2.45, 2.75) is 26.2 Å². The van der Waals surface area contributed by atoms with Crippen molar-refractivity contribution in [3.8, 4) is 11.1 Å². The Kier molecular flexibility index (Phi) is 5.92. The first-order chi connectivity index (χ1) is 11.1. The third-order valence-electron chi connectivity index (χ3n) is 3.69. The molecule has 0 saturated heterocycles. The number of aromatic carboxylic acids is 1. The largest absolute Gasteiger partial charge is 0.478 e. The number of amides is 1. The number of nitrogens with one attached hydrogen (secondary N) is 1. The normalized spacial score (nSPS) is 10.3. The number of hydrogen-bond donors (Lipinski definition) is 2. The monoisotopic (exact) mass is 311 g/mol. The van der Waals surface area contributed by atoms with Crippen LogP contribution in [0.15, 0.2) is 48.5 Å². The van der Waals surface area contributed by atoms with Gasteiger partial charge in [0.2, 0.25) is 0 Å². The molecule has 2 rings (SSSR count). The lowest BCUT2D eigenvalue weighted by Crippen LogP contribution is -2.25. The zero-order valence-corrected chi connectivity index (χ0v) is 13.2. The van der Waals surface area contributed by atoms with E-state index in [4.69, 9.17) is 0 Å². The Hall–Kier alpha value is -2.62. The summed E-state index contributed by atoms with van der Waals surface area (Å²) in [6.45, 7) is 2.74. The summed E-state index contributed by atoms with van der Waals surface area (Å²) in [5.74, 6) is -1.17. The van der Waals surface area contributed by atoms with Crippen LogP contribution in [0.5, 0.6) is 0 Å². The number of benzene rings is 2. The van der Waals surface area contributed by atoms with E-state index in [1.165, 1.54) is 0 Å². The predicted octanol–water partition coefficient (Wildman–Crippen LogP) is 3.97. The minimum atomic E-state index is -1.00. The van der Waals surface area contributed by atoms with Gasteiger partial charge in [-0.2, -0.15) is 0 Å². The summed E-state index contributed by atoms with van der Waals surface area (Å²) in [4.78, 5) is 23.8. The van der Waals surface area contributed by atoms with E-state index in [9.17, 15) is 14.7 Å². The second-order valence-corrected chi connectivity index (χ2v) is 5.36. The van der Waals surface area contributed by atoms with Gasteiger partial charge in [0.1, 0.15) is 0 Å². The van der Waals surface area contributed by atoms with Gasteiger partial charge in [0.15, 0.2) is 0 Å². The molecule has 0 fully saturated rings. The van der Waals surface area contributed by atoms with Crippen LogP contribution in [-0.2, 0) is 0 Å². The molecule has 2 aromatic rings. The quantitative estimate of drug-likeness (QED) is 0.760. The van der Waals surface area contributed by atoms with Gasteiger partial charge < -0.3 is 10.4 Å². The number of carboxylic acid groups (broad SMARTS) is 1. The molecule has 0 bridgehead atoms. The summed E-state index contributed by atoms with van der Waals surface area (Å²) in [6.07, 6.45) is 3.11. The fraction of sp³-hybridized carbons (Fsp3) is 0.263. The number of carbonyl (C=O) groups excluding carboxylic acids is 1. The van der Waals surface area contributed by atoms with Gasteiger partial charge in [0.05, 0.1) is 5.56 Å². The molecule has 0 radical (unpaired) electrons. The summed E-state index contributed by atoms with van der Waals surface area (Å²) in [6, 6.07) is 13.8. The molecule has 0 unspecified atom stereocenters. The molecule has 4 heteroatoms. The Morgan fingerprint density at radius 3 is 2.09 bits per heavy atom. The lowest BCUT2D eigenvalue weighted by molar-refractivity contribution is 0.0697. The molecule has 120 valence electrons. The maximum atomic E-state index is 12.4. The Morgan fingerprint density at radius 1 is 0.913 bits per heavy atom. The molecule has 0 spiro atoms. The Morgan fingerprint density at radius 2 is 1.48 bits per heavy atom. The standard InChI is InChI=1S/C19H21NO3/c1-2-3-8-13-20-18(21)16-11-6-4-9-14(16)15-10-5-7-12-17(15)19(22)23/h4-7,9-12H,2-3,8,13H2,1H3,(H,20,21)(H,22,23). The van der Waals surface area contributed by atoms with Crippen molar-refractivity contribution in [3.63, 3.8) is 0 Å². The Labute approximate surface area is 136 Å². The van der Waals surface area contributed by atoms with Crippen LogP contribution in [0.25, 0.3) is 11.1 Å². The first kappa shape index (κ1) is 16.7. The molecule has 0 saturated carbocycles. The third-order valence-corrected chi connectivity index (χ3v) is 3.69. The molecule has 0 aliphatic rings. The Bertz CT molecular complexity index is 695. The third kappa shape index (κ3) is 4.19. The molecule has 0 atom stereocenters. The van der Waals surface area contributed by atoms with Crippen LogP contribution >= 0.6 is 0 Å². The SMILES string of the molecule is CCCCCNC(=O)c1ccccc1-c1ccccc1C(=O)O. The fourth-order valence-electron chi connectivity index (χ4n) is 2.49. The van der Waals surface area contributed by atoms with E-state index in [1.54, 1.807) is 42.5 Å². The van der Waals surface area contributed by atoms with Crippen LogP contribution in [-0.4, -0.2) is 23.5 Å². The second kappa shape index (κ2) is 8.13. The van der Waals surface area contributed by atoms with Gasteiger partial charge in [-0.15, -0.1) is 0 Å². The molecule has 0 heterocycles. The van der Waals surface area contributed by atoms with Gasteiger partial charge in [-0.3, -0.25) is 4.79 Å².